The summed E-state index contributed by atoms with van der Waals surface area (Å²) < 4.78 is 22.1. The van der Waals surface area contributed by atoms with Crippen LogP contribution in [0.4, 0.5) is 0 Å². The third-order valence-electron chi connectivity index (χ3n) is 5.60. The van der Waals surface area contributed by atoms with E-state index in [0.29, 0.717) is 11.0 Å². The molecule has 0 amide bonds. The van der Waals surface area contributed by atoms with Gasteiger partial charge in [-0.25, -0.2) is 4.57 Å². The zero-order valence-corrected chi connectivity index (χ0v) is 22.3. The third-order valence-corrected chi connectivity index (χ3v) is 6.17. The van der Waals surface area contributed by atoms with Crippen LogP contribution in [0.15, 0.2) is 0 Å². The highest BCUT2D eigenvalue weighted by Crippen LogP contribution is 2.38. The Morgan fingerprint density at radius 2 is 1.34 bits per heavy atom. The van der Waals surface area contributed by atoms with Crippen molar-refractivity contribution in [2.75, 3.05) is 34.3 Å². The van der Waals surface area contributed by atoms with Gasteiger partial charge in [0.2, 0.25) is 0 Å². The van der Waals surface area contributed by atoms with Crippen molar-refractivity contribution in [1.82, 2.24) is 0 Å². The molecule has 0 aliphatic rings. The molecule has 192 valence electrons. The molecule has 0 aliphatic heterocycles. The number of hydrogen-bond donors (Lipinski definition) is 2. The van der Waals surface area contributed by atoms with Crippen LogP contribution < -0.4 is 0 Å². The van der Waals surface area contributed by atoms with Crippen molar-refractivity contribution in [3.63, 3.8) is 0 Å². The monoisotopic (exact) mass is 480 g/mol. The molecule has 0 aromatic rings. The summed E-state index contributed by atoms with van der Waals surface area (Å²) in [6, 6.07) is 0. The number of esters is 1. The van der Waals surface area contributed by atoms with E-state index in [1.807, 2.05) is 21.1 Å². The van der Waals surface area contributed by atoms with Gasteiger partial charge in [-0.05, 0) is 12.8 Å². The average Bonchev–Trinajstić information content (AvgIpc) is 2.65. The molecule has 0 fully saturated rings. The molecular formula is C24H51NO6P+. The SMILES string of the molecule is CCCCCCCCCCCCC(CCC)C(=O)OCCC(C[N+](C)(C)C)OP(=O)(O)O. The molecule has 2 atom stereocenters. The summed E-state index contributed by atoms with van der Waals surface area (Å²) in [4.78, 5) is 30.9. The lowest BCUT2D eigenvalue weighted by molar-refractivity contribution is -0.873. The first-order valence-corrected chi connectivity index (χ1v) is 14.2. The van der Waals surface area contributed by atoms with Crippen molar-refractivity contribution < 1.29 is 32.9 Å². The van der Waals surface area contributed by atoms with Crippen molar-refractivity contribution in [2.45, 2.75) is 110 Å². The zero-order chi connectivity index (χ0) is 24.5. The van der Waals surface area contributed by atoms with Gasteiger partial charge in [0.15, 0.2) is 0 Å². The van der Waals surface area contributed by atoms with E-state index < -0.39 is 13.9 Å². The van der Waals surface area contributed by atoms with Crippen LogP contribution in [0.1, 0.15) is 104 Å². The zero-order valence-electron chi connectivity index (χ0n) is 21.4. The van der Waals surface area contributed by atoms with Gasteiger partial charge in [-0.1, -0.05) is 84.5 Å². The number of quaternary nitrogens is 1. The predicted octanol–water partition coefficient (Wildman–Crippen LogP) is 5.83. The highest BCUT2D eigenvalue weighted by Gasteiger charge is 2.28. The molecule has 8 heteroatoms. The molecule has 2 unspecified atom stereocenters. The smallest absolute Gasteiger partial charge is 0.465 e. The Labute approximate surface area is 197 Å². The number of likely N-dealkylation sites (N-methyl/N-ethyl adjacent to an activating group) is 1. The minimum absolute atomic E-state index is 0.0893. The molecule has 0 bridgehead atoms. The van der Waals surface area contributed by atoms with Gasteiger partial charge >= 0.3 is 13.8 Å². The fourth-order valence-electron chi connectivity index (χ4n) is 4.00. The van der Waals surface area contributed by atoms with E-state index in [2.05, 4.69) is 13.8 Å². The van der Waals surface area contributed by atoms with E-state index >= 15 is 0 Å². The molecule has 0 spiro atoms. The molecule has 0 radical (unpaired) electrons. The van der Waals surface area contributed by atoms with Crippen molar-refractivity contribution >= 4 is 13.8 Å². The molecule has 0 aliphatic carbocycles. The Morgan fingerprint density at radius 1 is 0.812 bits per heavy atom. The Kier molecular flexibility index (Phi) is 17.7. The largest absolute Gasteiger partial charge is 0.470 e. The van der Waals surface area contributed by atoms with Gasteiger partial charge in [0.05, 0.1) is 33.7 Å². The highest BCUT2D eigenvalue weighted by molar-refractivity contribution is 7.46. The number of carbonyl (C=O) groups excluding carboxylic acids is 1. The minimum Gasteiger partial charge on any atom is -0.465 e. The van der Waals surface area contributed by atoms with Crippen molar-refractivity contribution in [3.05, 3.63) is 0 Å². The fraction of sp³-hybridized carbons (Fsp3) is 0.958. The van der Waals surface area contributed by atoms with E-state index in [1.165, 1.54) is 51.4 Å². The van der Waals surface area contributed by atoms with Crippen LogP contribution in [0.2, 0.25) is 0 Å². The van der Waals surface area contributed by atoms with Gasteiger partial charge in [0.25, 0.3) is 0 Å². The van der Waals surface area contributed by atoms with Crippen LogP contribution in [-0.2, 0) is 18.6 Å². The summed E-state index contributed by atoms with van der Waals surface area (Å²) >= 11 is 0. The second kappa shape index (κ2) is 17.9. The number of phosphoric ester groups is 1. The summed E-state index contributed by atoms with van der Waals surface area (Å²) in [5.41, 5.74) is 0. The van der Waals surface area contributed by atoms with Crippen LogP contribution in [0.3, 0.4) is 0 Å². The minimum atomic E-state index is -4.59. The van der Waals surface area contributed by atoms with Crippen molar-refractivity contribution in [1.29, 1.82) is 0 Å². The molecular weight excluding hydrogens is 429 g/mol. The van der Waals surface area contributed by atoms with Gasteiger partial charge in [0, 0.05) is 6.42 Å². The Morgan fingerprint density at radius 3 is 1.81 bits per heavy atom. The van der Waals surface area contributed by atoms with Crippen molar-refractivity contribution in [3.8, 4) is 0 Å². The summed E-state index contributed by atoms with van der Waals surface area (Å²) in [7, 11) is 1.18. The third kappa shape index (κ3) is 20.2. The van der Waals surface area contributed by atoms with E-state index in [4.69, 9.17) is 19.0 Å². The number of unbranched alkanes of at least 4 members (excludes halogenated alkanes) is 9. The molecule has 0 rings (SSSR count). The first kappa shape index (κ1) is 31.5. The summed E-state index contributed by atoms with van der Waals surface area (Å²) in [6.07, 6.45) is 14.9. The first-order valence-electron chi connectivity index (χ1n) is 12.7. The summed E-state index contributed by atoms with van der Waals surface area (Å²) in [5, 5.41) is 0. The molecule has 0 aromatic heterocycles. The lowest BCUT2D eigenvalue weighted by Gasteiger charge is -2.29. The first-order chi connectivity index (χ1) is 15.0. The van der Waals surface area contributed by atoms with Crippen LogP contribution >= 0.6 is 7.82 Å². The molecule has 0 saturated carbocycles. The molecule has 32 heavy (non-hydrogen) atoms. The van der Waals surface area contributed by atoms with Gasteiger partial charge in [-0.15, -0.1) is 0 Å². The Hall–Kier alpha value is -0.460. The summed E-state index contributed by atoms with van der Waals surface area (Å²) in [5.74, 6) is -0.281. The van der Waals surface area contributed by atoms with Gasteiger partial charge in [-0.3, -0.25) is 9.32 Å². The number of phosphoric acid groups is 1. The van der Waals surface area contributed by atoms with Crippen LogP contribution in [0.5, 0.6) is 0 Å². The molecule has 7 nitrogen and oxygen atoms in total. The predicted molar refractivity (Wildman–Crippen MR) is 130 cm³/mol. The quantitative estimate of drug-likeness (QED) is 0.0929. The van der Waals surface area contributed by atoms with Crippen LogP contribution in [-0.4, -0.2) is 60.6 Å². The highest BCUT2D eigenvalue weighted by atomic mass is 31.2. The van der Waals surface area contributed by atoms with E-state index in [1.54, 1.807) is 0 Å². The molecule has 2 N–H and O–H groups in total. The molecule has 0 heterocycles. The maximum Gasteiger partial charge on any atom is 0.470 e. The van der Waals surface area contributed by atoms with E-state index in [9.17, 15) is 9.36 Å². The normalized spacial score (nSPS) is 14.3. The lowest BCUT2D eigenvalue weighted by atomic mass is 9.96. The number of hydrogen-bond acceptors (Lipinski definition) is 4. The Balaban J connectivity index is 4.22. The number of ether oxygens (including phenoxy) is 1. The fourth-order valence-corrected chi connectivity index (χ4v) is 4.56. The Bertz CT molecular complexity index is 517. The second-order valence-corrected chi connectivity index (χ2v) is 11.3. The van der Waals surface area contributed by atoms with Gasteiger partial charge in [0.1, 0.15) is 12.6 Å². The second-order valence-electron chi connectivity index (χ2n) is 10.1. The molecule has 0 saturated heterocycles. The number of nitrogens with zero attached hydrogens (tertiary/aromatic N) is 1. The van der Waals surface area contributed by atoms with Crippen LogP contribution in [0.25, 0.3) is 0 Å². The molecule has 0 aromatic carbocycles. The maximum absolute atomic E-state index is 12.6. The average molecular weight is 481 g/mol. The standard InChI is InChI=1S/C24H50NO6P/c1-6-8-9-10-11-12-13-14-15-16-18-22(17-7-2)24(26)30-20-19-23(21-25(3,4)5)31-32(27,28)29/h22-23H,6-21H2,1-5H3,(H-,27,28,29)/p+1. The van der Waals surface area contributed by atoms with Crippen molar-refractivity contribution in [2.24, 2.45) is 5.92 Å². The van der Waals surface area contributed by atoms with Gasteiger partial charge in [-0.2, -0.15) is 0 Å². The number of rotatable bonds is 21. The summed E-state index contributed by atoms with van der Waals surface area (Å²) in [6.45, 7) is 4.84. The van der Waals surface area contributed by atoms with E-state index in [0.717, 1.165) is 32.1 Å². The van der Waals surface area contributed by atoms with E-state index in [-0.39, 0.29) is 24.9 Å². The van der Waals surface area contributed by atoms with Crippen LogP contribution in [0, 0.1) is 5.92 Å². The number of carbonyl (C=O) groups is 1. The maximum atomic E-state index is 12.6. The topological polar surface area (TPSA) is 93.1 Å². The lowest BCUT2D eigenvalue weighted by Crippen LogP contribution is -2.42. The van der Waals surface area contributed by atoms with Gasteiger partial charge < -0.3 is 19.0 Å².